The van der Waals surface area contributed by atoms with Crippen molar-refractivity contribution in [1.82, 2.24) is 0 Å². The van der Waals surface area contributed by atoms with Crippen molar-refractivity contribution in [1.29, 1.82) is 0 Å². The van der Waals surface area contributed by atoms with E-state index in [2.05, 4.69) is 26.0 Å². The van der Waals surface area contributed by atoms with Crippen molar-refractivity contribution in [2.75, 3.05) is 19.8 Å². The highest BCUT2D eigenvalue weighted by molar-refractivity contribution is 5.70. The molecular weight excluding hydrogens is 773 g/mol. The molecule has 10 heteroatoms. The minimum atomic E-state index is -1.59. The molecular formula is C51H96O10. The molecule has 0 aromatic carbocycles. The van der Waals surface area contributed by atoms with Crippen LogP contribution in [-0.4, -0.2) is 89.0 Å². The Balaban J connectivity index is 2.23. The predicted molar refractivity (Wildman–Crippen MR) is 247 cm³/mol. The second-order valence-electron chi connectivity index (χ2n) is 18.0. The number of aliphatic hydroxyl groups is 4. The van der Waals surface area contributed by atoms with Crippen molar-refractivity contribution in [2.24, 2.45) is 0 Å². The van der Waals surface area contributed by atoms with Crippen molar-refractivity contribution < 1.29 is 49.0 Å². The molecule has 1 saturated heterocycles. The Morgan fingerprint density at radius 1 is 0.492 bits per heavy atom. The zero-order valence-corrected chi connectivity index (χ0v) is 39.4. The Morgan fingerprint density at radius 2 is 0.869 bits per heavy atom. The maximum atomic E-state index is 12.8. The molecule has 0 spiro atoms. The van der Waals surface area contributed by atoms with Gasteiger partial charge >= 0.3 is 11.9 Å². The third kappa shape index (κ3) is 33.6. The molecule has 1 aliphatic heterocycles. The minimum Gasteiger partial charge on any atom is -0.462 e. The topological polar surface area (TPSA) is 152 Å². The van der Waals surface area contributed by atoms with Gasteiger partial charge in [0, 0.05) is 12.8 Å². The number of ether oxygens (including phenoxy) is 4. The highest BCUT2D eigenvalue weighted by Gasteiger charge is 2.44. The quantitative estimate of drug-likeness (QED) is 0.0264. The normalized spacial score (nSPS) is 19.7. The van der Waals surface area contributed by atoms with Gasteiger partial charge in [-0.05, 0) is 38.5 Å². The number of esters is 2. The summed E-state index contributed by atoms with van der Waals surface area (Å²) in [5.74, 6) is -0.802. The van der Waals surface area contributed by atoms with Gasteiger partial charge < -0.3 is 39.4 Å². The van der Waals surface area contributed by atoms with Gasteiger partial charge in [-0.25, -0.2) is 0 Å². The van der Waals surface area contributed by atoms with E-state index in [1.165, 1.54) is 154 Å². The van der Waals surface area contributed by atoms with E-state index in [0.717, 1.165) is 57.8 Å². The largest absolute Gasteiger partial charge is 0.462 e. The van der Waals surface area contributed by atoms with Crippen molar-refractivity contribution >= 4 is 11.9 Å². The Hall–Kier alpha value is -1.56. The minimum absolute atomic E-state index is 0.216. The molecule has 1 aliphatic rings. The van der Waals surface area contributed by atoms with E-state index in [1.807, 2.05) is 0 Å². The molecule has 1 rings (SSSR count). The monoisotopic (exact) mass is 869 g/mol. The van der Waals surface area contributed by atoms with Crippen LogP contribution in [0.1, 0.15) is 245 Å². The second-order valence-corrected chi connectivity index (χ2v) is 18.0. The summed E-state index contributed by atoms with van der Waals surface area (Å²) in [4.78, 5) is 25.4. The molecule has 10 nitrogen and oxygen atoms in total. The first-order valence-corrected chi connectivity index (χ1v) is 25.8. The molecule has 6 atom stereocenters. The van der Waals surface area contributed by atoms with Crippen LogP contribution in [0.2, 0.25) is 0 Å². The number of hydrogen-bond acceptors (Lipinski definition) is 10. The number of aliphatic hydroxyl groups excluding tert-OH is 4. The van der Waals surface area contributed by atoms with E-state index in [0.29, 0.717) is 6.42 Å². The van der Waals surface area contributed by atoms with E-state index in [4.69, 9.17) is 18.9 Å². The fourth-order valence-electron chi connectivity index (χ4n) is 8.07. The van der Waals surface area contributed by atoms with Gasteiger partial charge in [0.15, 0.2) is 12.4 Å². The number of carbonyl (C=O) groups is 2. The molecule has 0 aliphatic carbocycles. The smallest absolute Gasteiger partial charge is 0.306 e. The third-order valence-corrected chi connectivity index (χ3v) is 12.2. The maximum Gasteiger partial charge on any atom is 0.306 e. The second kappa shape index (κ2) is 42.4. The van der Waals surface area contributed by atoms with E-state index in [1.54, 1.807) is 0 Å². The summed E-state index contributed by atoms with van der Waals surface area (Å²) in [6, 6.07) is 0. The average molecular weight is 869 g/mol. The van der Waals surface area contributed by atoms with Gasteiger partial charge in [-0.2, -0.15) is 0 Å². The molecule has 0 radical (unpaired) electrons. The van der Waals surface area contributed by atoms with Crippen molar-refractivity contribution in [3.05, 3.63) is 12.2 Å². The summed E-state index contributed by atoms with van der Waals surface area (Å²) in [7, 11) is 0. The number of rotatable bonds is 44. The van der Waals surface area contributed by atoms with Gasteiger partial charge in [0.25, 0.3) is 0 Å². The zero-order valence-electron chi connectivity index (χ0n) is 39.4. The Kier molecular flexibility index (Phi) is 39.9. The molecule has 61 heavy (non-hydrogen) atoms. The van der Waals surface area contributed by atoms with E-state index in [9.17, 15) is 30.0 Å². The fraction of sp³-hybridized carbons (Fsp3) is 0.922. The summed E-state index contributed by atoms with van der Waals surface area (Å²) >= 11 is 0. The van der Waals surface area contributed by atoms with Gasteiger partial charge in [-0.15, -0.1) is 0 Å². The number of hydrogen-bond donors (Lipinski definition) is 4. The maximum absolute atomic E-state index is 12.8. The summed E-state index contributed by atoms with van der Waals surface area (Å²) in [6.07, 6.45) is 39.4. The lowest BCUT2D eigenvalue weighted by Crippen LogP contribution is -2.59. The Labute approximate surface area is 373 Å². The number of carbonyl (C=O) groups excluding carboxylic acids is 2. The summed E-state index contributed by atoms with van der Waals surface area (Å²) in [5, 5.41) is 40.2. The first-order chi connectivity index (χ1) is 29.8. The van der Waals surface area contributed by atoms with Crippen LogP contribution in [0.25, 0.3) is 0 Å². The third-order valence-electron chi connectivity index (χ3n) is 12.2. The van der Waals surface area contributed by atoms with Gasteiger partial charge in [-0.1, -0.05) is 206 Å². The summed E-state index contributed by atoms with van der Waals surface area (Å²) in [5.41, 5.74) is 0. The van der Waals surface area contributed by atoms with E-state index < -0.39 is 49.4 Å². The highest BCUT2D eigenvalue weighted by Crippen LogP contribution is 2.23. The molecule has 1 fully saturated rings. The summed E-state index contributed by atoms with van der Waals surface area (Å²) in [6.45, 7) is 3.45. The molecule has 0 amide bonds. The van der Waals surface area contributed by atoms with E-state index >= 15 is 0 Å². The summed E-state index contributed by atoms with van der Waals surface area (Å²) < 4.78 is 22.2. The Bertz CT molecular complexity index is 1010. The first-order valence-electron chi connectivity index (χ1n) is 25.8. The predicted octanol–water partition coefficient (Wildman–Crippen LogP) is 11.9. The lowest BCUT2D eigenvalue weighted by atomic mass is 9.99. The molecule has 0 aromatic rings. The van der Waals surface area contributed by atoms with Crippen molar-refractivity contribution in [2.45, 2.75) is 282 Å². The van der Waals surface area contributed by atoms with Gasteiger partial charge in [0.05, 0.1) is 13.2 Å². The first kappa shape index (κ1) is 57.5. The molecule has 360 valence electrons. The van der Waals surface area contributed by atoms with E-state index in [-0.39, 0.29) is 32.0 Å². The average Bonchev–Trinajstić information content (AvgIpc) is 3.26. The van der Waals surface area contributed by atoms with Crippen LogP contribution >= 0.6 is 0 Å². The van der Waals surface area contributed by atoms with Crippen molar-refractivity contribution in [3.8, 4) is 0 Å². The molecule has 0 saturated carbocycles. The van der Waals surface area contributed by atoms with Gasteiger partial charge in [0.1, 0.15) is 31.0 Å². The van der Waals surface area contributed by atoms with Crippen LogP contribution in [-0.2, 0) is 28.5 Å². The lowest BCUT2D eigenvalue weighted by Gasteiger charge is -2.39. The molecule has 4 N–H and O–H groups in total. The highest BCUT2D eigenvalue weighted by atomic mass is 16.7. The molecule has 1 heterocycles. The van der Waals surface area contributed by atoms with Crippen LogP contribution in [0.4, 0.5) is 0 Å². The van der Waals surface area contributed by atoms with Gasteiger partial charge in [-0.3, -0.25) is 9.59 Å². The van der Waals surface area contributed by atoms with Crippen LogP contribution in [0.5, 0.6) is 0 Å². The van der Waals surface area contributed by atoms with Crippen molar-refractivity contribution in [3.63, 3.8) is 0 Å². The zero-order chi connectivity index (χ0) is 44.4. The number of allylic oxidation sites excluding steroid dienone is 2. The fourth-order valence-corrected chi connectivity index (χ4v) is 8.07. The standard InChI is InChI=1S/C51H96O10/c1-3-5-7-9-11-13-15-17-19-20-21-22-23-24-25-26-28-30-32-34-36-38-40-47(54)60-44(43-59-51-50(57)49(56)48(55)45(41-52)61-51)42-58-46(53)39-37-35-33-31-29-27-18-16-14-12-10-8-6-4-2/h16,18,44-45,48-52,55-57H,3-15,17,19-43H2,1-2H3/b18-16+/t44-,45-,48+,49?,50?,51-/m1/s1. The molecule has 0 aromatic heterocycles. The van der Waals surface area contributed by atoms with Crippen LogP contribution in [0.3, 0.4) is 0 Å². The molecule has 2 unspecified atom stereocenters. The van der Waals surface area contributed by atoms with Crippen LogP contribution in [0, 0.1) is 0 Å². The van der Waals surface area contributed by atoms with Gasteiger partial charge in [0.2, 0.25) is 0 Å². The number of unbranched alkanes of at least 4 members (excludes halogenated alkanes) is 31. The van der Waals surface area contributed by atoms with Crippen LogP contribution < -0.4 is 0 Å². The Morgan fingerprint density at radius 3 is 1.28 bits per heavy atom. The van der Waals surface area contributed by atoms with Crippen LogP contribution in [0.15, 0.2) is 12.2 Å². The molecule has 0 bridgehead atoms. The lowest BCUT2D eigenvalue weighted by molar-refractivity contribution is -0.305. The SMILES string of the molecule is CCCCCCC/C=C/CCCCCCCC(=O)OC[C@H](CO[C@@H]1O[C@H](CO)[C@H](O)C(O)C1O)OC(=O)CCCCCCCCCCCCCCCCCCCCCCCC.